The topological polar surface area (TPSA) is 53.9 Å². The van der Waals surface area contributed by atoms with Crippen molar-refractivity contribution in [1.29, 1.82) is 0 Å². The van der Waals surface area contributed by atoms with Crippen molar-refractivity contribution < 1.29 is 0 Å². The number of allylic oxidation sites excluding steroid dienone is 1. The van der Waals surface area contributed by atoms with Gasteiger partial charge in [0, 0.05) is 24.5 Å². The van der Waals surface area contributed by atoms with Gasteiger partial charge in [0.25, 0.3) is 0 Å². The number of nitrogens with zero attached hydrogens (tertiary/aromatic N) is 3. The summed E-state index contributed by atoms with van der Waals surface area (Å²) >= 11 is 0. The van der Waals surface area contributed by atoms with Gasteiger partial charge in [-0.15, -0.1) is 0 Å². The van der Waals surface area contributed by atoms with Gasteiger partial charge >= 0.3 is 0 Å². The molecule has 0 saturated heterocycles. The van der Waals surface area contributed by atoms with Crippen molar-refractivity contribution in [1.82, 2.24) is 15.0 Å². The molecule has 0 amide bonds. The summed E-state index contributed by atoms with van der Waals surface area (Å²) in [6, 6.07) is 10.3. The molecule has 2 aromatic heterocycles. The van der Waals surface area contributed by atoms with E-state index in [0.29, 0.717) is 0 Å². The van der Waals surface area contributed by atoms with Crippen LogP contribution in [0.1, 0.15) is 24.0 Å². The molecule has 0 bridgehead atoms. The number of imidazole rings is 1. The molecule has 0 fully saturated rings. The molecule has 0 radical (unpaired) electrons. The van der Waals surface area contributed by atoms with Gasteiger partial charge < -0.3 is 4.98 Å². The molecular formula is C18H16N4. The van der Waals surface area contributed by atoms with Gasteiger partial charge in [-0.1, -0.05) is 6.07 Å². The molecule has 1 N–H and O–H groups in total. The van der Waals surface area contributed by atoms with Crippen LogP contribution in [0.5, 0.6) is 0 Å². The number of H-pyrrole nitrogens is 1. The Labute approximate surface area is 128 Å². The molecule has 4 rings (SSSR count). The van der Waals surface area contributed by atoms with Gasteiger partial charge in [0.05, 0.1) is 23.1 Å². The molecule has 3 heterocycles. The Morgan fingerprint density at radius 2 is 2.18 bits per heavy atom. The maximum Gasteiger partial charge on any atom is 0.0931 e. The minimum Gasteiger partial charge on any atom is -0.345 e. The monoisotopic (exact) mass is 288 g/mol. The molecule has 1 aromatic carbocycles. The third-order valence-electron chi connectivity index (χ3n) is 3.90. The molecule has 0 saturated carbocycles. The molecule has 0 aliphatic carbocycles. The number of aromatic amines is 1. The van der Waals surface area contributed by atoms with Crippen LogP contribution in [0.2, 0.25) is 0 Å². The van der Waals surface area contributed by atoms with Crippen LogP contribution in [0.15, 0.2) is 59.6 Å². The van der Waals surface area contributed by atoms with Crippen LogP contribution in [0, 0.1) is 0 Å². The fourth-order valence-electron chi connectivity index (χ4n) is 2.84. The number of nitrogens with one attached hydrogen (secondary N) is 1. The normalized spacial score (nSPS) is 16.9. The molecule has 108 valence electrons. The van der Waals surface area contributed by atoms with E-state index in [9.17, 15) is 0 Å². The van der Waals surface area contributed by atoms with Gasteiger partial charge in [-0.3, -0.25) is 9.98 Å². The minimum absolute atomic E-state index is 0.889. The zero-order valence-corrected chi connectivity index (χ0v) is 12.2. The maximum absolute atomic E-state index is 4.72. The Morgan fingerprint density at radius 1 is 1.18 bits per heavy atom. The first kappa shape index (κ1) is 13.0. The van der Waals surface area contributed by atoms with E-state index in [1.165, 1.54) is 5.57 Å². The first-order valence-electron chi connectivity index (χ1n) is 7.49. The zero-order valence-electron chi connectivity index (χ0n) is 12.2. The smallest absolute Gasteiger partial charge is 0.0931 e. The highest BCUT2D eigenvalue weighted by Crippen LogP contribution is 2.23. The predicted molar refractivity (Wildman–Crippen MR) is 88.9 cm³/mol. The summed E-state index contributed by atoms with van der Waals surface area (Å²) in [7, 11) is 0. The summed E-state index contributed by atoms with van der Waals surface area (Å²) in [4.78, 5) is 16.4. The third kappa shape index (κ3) is 2.44. The van der Waals surface area contributed by atoms with E-state index in [1.54, 1.807) is 12.5 Å². The highest BCUT2D eigenvalue weighted by Gasteiger charge is 2.14. The first-order valence-corrected chi connectivity index (χ1v) is 7.49. The number of benzene rings is 1. The number of aromatic nitrogens is 3. The second kappa shape index (κ2) is 5.56. The number of aliphatic imine (C=N–C) groups is 1. The quantitative estimate of drug-likeness (QED) is 0.783. The van der Waals surface area contributed by atoms with E-state index in [0.717, 1.165) is 47.3 Å². The molecular weight excluding hydrogens is 272 g/mol. The minimum atomic E-state index is 0.889. The van der Waals surface area contributed by atoms with Crippen LogP contribution in [-0.4, -0.2) is 27.2 Å². The molecule has 4 nitrogen and oxygen atoms in total. The highest BCUT2D eigenvalue weighted by molar-refractivity contribution is 6.15. The summed E-state index contributed by atoms with van der Waals surface area (Å²) in [6.45, 7) is 0.889. The van der Waals surface area contributed by atoms with Crippen molar-refractivity contribution >= 4 is 22.8 Å². The SMILES string of the molecule is C(=C1CCCN=C1c1cccnc1)c1ccc2[nH]cnc2c1. The van der Waals surface area contributed by atoms with E-state index < -0.39 is 0 Å². The summed E-state index contributed by atoms with van der Waals surface area (Å²) in [5, 5.41) is 0. The van der Waals surface area contributed by atoms with Crippen molar-refractivity contribution in [3.8, 4) is 0 Å². The number of fused-ring (bicyclic) bond motifs is 1. The number of hydrogen-bond donors (Lipinski definition) is 1. The summed E-state index contributed by atoms with van der Waals surface area (Å²) in [6.07, 6.45) is 9.77. The van der Waals surface area contributed by atoms with Crippen molar-refractivity contribution in [3.05, 3.63) is 65.8 Å². The lowest BCUT2D eigenvalue weighted by molar-refractivity contribution is 0.818. The fourth-order valence-corrected chi connectivity index (χ4v) is 2.84. The molecule has 22 heavy (non-hydrogen) atoms. The van der Waals surface area contributed by atoms with Crippen LogP contribution >= 0.6 is 0 Å². The standard InChI is InChI=1S/C18H16N4/c1-4-15(11-19-7-1)18-14(3-2-8-20-18)9-13-5-6-16-17(10-13)22-12-21-16/h1,4-7,9-12H,2-3,8H2,(H,21,22). The Morgan fingerprint density at radius 3 is 3.09 bits per heavy atom. The van der Waals surface area contributed by atoms with Crippen LogP contribution in [0.4, 0.5) is 0 Å². The van der Waals surface area contributed by atoms with Crippen LogP contribution in [0.25, 0.3) is 17.1 Å². The maximum atomic E-state index is 4.72. The second-order valence-electron chi connectivity index (χ2n) is 5.42. The Bertz CT molecular complexity index is 859. The summed E-state index contributed by atoms with van der Waals surface area (Å²) in [5.41, 5.74) is 6.65. The third-order valence-corrected chi connectivity index (χ3v) is 3.90. The van der Waals surface area contributed by atoms with Crippen molar-refractivity contribution in [2.75, 3.05) is 6.54 Å². The largest absolute Gasteiger partial charge is 0.345 e. The fraction of sp³-hybridized carbons (Fsp3) is 0.167. The van der Waals surface area contributed by atoms with Crippen LogP contribution in [-0.2, 0) is 0 Å². The van der Waals surface area contributed by atoms with E-state index in [4.69, 9.17) is 4.99 Å². The lowest BCUT2D eigenvalue weighted by atomic mass is 9.95. The highest BCUT2D eigenvalue weighted by atomic mass is 14.9. The lowest BCUT2D eigenvalue weighted by Crippen LogP contribution is -2.11. The van der Waals surface area contributed by atoms with Gasteiger partial charge in [-0.25, -0.2) is 4.98 Å². The van der Waals surface area contributed by atoms with Crippen LogP contribution < -0.4 is 0 Å². The number of hydrogen-bond acceptors (Lipinski definition) is 3. The molecule has 4 heteroatoms. The zero-order chi connectivity index (χ0) is 14.8. The summed E-state index contributed by atoms with van der Waals surface area (Å²) < 4.78 is 0. The second-order valence-corrected chi connectivity index (χ2v) is 5.42. The van der Waals surface area contributed by atoms with Gasteiger partial charge in [-0.2, -0.15) is 0 Å². The molecule has 1 aliphatic heterocycles. The first-order chi connectivity index (χ1) is 10.9. The van der Waals surface area contributed by atoms with Gasteiger partial charge in [0.2, 0.25) is 0 Å². The molecule has 1 aliphatic rings. The van der Waals surface area contributed by atoms with Gasteiger partial charge in [-0.05, 0) is 54.3 Å². The van der Waals surface area contributed by atoms with Gasteiger partial charge in [0.15, 0.2) is 0 Å². The van der Waals surface area contributed by atoms with E-state index in [-0.39, 0.29) is 0 Å². The predicted octanol–water partition coefficient (Wildman–Crippen LogP) is 3.62. The Kier molecular flexibility index (Phi) is 3.27. The lowest BCUT2D eigenvalue weighted by Gasteiger charge is -2.16. The average molecular weight is 288 g/mol. The number of pyridine rings is 1. The Hall–Kier alpha value is -2.75. The summed E-state index contributed by atoms with van der Waals surface area (Å²) in [5.74, 6) is 0. The molecule has 0 atom stereocenters. The van der Waals surface area contributed by atoms with Crippen molar-refractivity contribution in [2.24, 2.45) is 4.99 Å². The van der Waals surface area contributed by atoms with Gasteiger partial charge in [0.1, 0.15) is 0 Å². The Balaban J connectivity index is 1.75. The van der Waals surface area contributed by atoms with E-state index in [2.05, 4.69) is 45.3 Å². The van der Waals surface area contributed by atoms with Crippen molar-refractivity contribution in [2.45, 2.75) is 12.8 Å². The average Bonchev–Trinajstić information content (AvgIpc) is 3.04. The number of rotatable bonds is 2. The molecule has 0 unspecified atom stereocenters. The molecule has 3 aromatic rings. The van der Waals surface area contributed by atoms with Crippen LogP contribution in [0.3, 0.4) is 0 Å². The van der Waals surface area contributed by atoms with E-state index in [1.807, 2.05) is 12.3 Å². The molecule has 0 spiro atoms. The van der Waals surface area contributed by atoms with E-state index >= 15 is 0 Å². The van der Waals surface area contributed by atoms with Crippen molar-refractivity contribution in [3.63, 3.8) is 0 Å².